The summed E-state index contributed by atoms with van der Waals surface area (Å²) in [5, 5.41) is 0.653. The number of hydrogen-bond acceptors (Lipinski definition) is 1. The third-order valence-electron chi connectivity index (χ3n) is 4.29. The topological polar surface area (TPSA) is 17.3 Å². The predicted octanol–water partition coefficient (Wildman–Crippen LogP) is 5.69. The first kappa shape index (κ1) is 15.9. The quantitative estimate of drug-likeness (QED) is 0.463. The number of benzene rings is 2. The van der Waals surface area contributed by atoms with Crippen molar-refractivity contribution in [2.45, 2.75) is 13.3 Å². The van der Waals surface area contributed by atoms with Gasteiger partial charge < -0.3 is 4.40 Å². The van der Waals surface area contributed by atoms with Crippen molar-refractivity contribution in [3.8, 4) is 11.3 Å². The van der Waals surface area contributed by atoms with Gasteiger partial charge in [0.2, 0.25) is 0 Å². The van der Waals surface area contributed by atoms with Crippen molar-refractivity contribution < 1.29 is 4.39 Å². The number of halogens is 2. The highest BCUT2D eigenvalue weighted by Gasteiger charge is 2.15. The lowest BCUT2D eigenvalue weighted by atomic mass is 10.0. The highest BCUT2D eigenvalue weighted by molar-refractivity contribution is 6.30. The second-order valence-corrected chi connectivity index (χ2v) is 6.59. The number of pyridine rings is 1. The molecule has 0 unspecified atom stereocenters. The molecule has 0 aliphatic heterocycles. The minimum absolute atomic E-state index is 0.254. The van der Waals surface area contributed by atoms with Crippen LogP contribution < -0.4 is 0 Å². The normalized spacial score (nSPS) is 11.2. The van der Waals surface area contributed by atoms with Crippen LogP contribution in [-0.4, -0.2) is 9.38 Å². The molecule has 25 heavy (non-hydrogen) atoms. The molecule has 4 aromatic rings. The van der Waals surface area contributed by atoms with Gasteiger partial charge in [-0.15, -0.1) is 0 Å². The summed E-state index contributed by atoms with van der Waals surface area (Å²) in [6.45, 7) is 2.07. The molecule has 4 heteroatoms. The molecular weight excluding hydrogens is 335 g/mol. The highest BCUT2D eigenvalue weighted by Crippen LogP contribution is 2.28. The van der Waals surface area contributed by atoms with Gasteiger partial charge in [-0.2, -0.15) is 0 Å². The van der Waals surface area contributed by atoms with Crippen LogP contribution in [-0.2, 0) is 6.42 Å². The Morgan fingerprint density at radius 2 is 1.68 bits per heavy atom. The molecule has 0 saturated carbocycles. The second-order valence-electron chi connectivity index (χ2n) is 6.15. The zero-order valence-corrected chi connectivity index (χ0v) is 14.5. The molecular formula is C21H16ClFN2. The lowest BCUT2D eigenvalue weighted by Crippen LogP contribution is -1.97. The zero-order chi connectivity index (χ0) is 17.4. The van der Waals surface area contributed by atoms with E-state index in [0.717, 1.165) is 22.6 Å². The fraction of sp³-hybridized carbons (Fsp3) is 0.0952. The van der Waals surface area contributed by atoms with E-state index in [2.05, 4.69) is 31.2 Å². The summed E-state index contributed by atoms with van der Waals surface area (Å²) in [6, 6.07) is 18.6. The van der Waals surface area contributed by atoms with Gasteiger partial charge in [-0.25, -0.2) is 9.37 Å². The van der Waals surface area contributed by atoms with Crippen molar-refractivity contribution in [3.63, 3.8) is 0 Å². The van der Waals surface area contributed by atoms with Crippen LogP contribution in [0.3, 0.4) is 0 Å². The van der Waals surface area contributed by atoms with E-state index in [1.165, 1.54) is 23.3 Å². The molecule has 2 heterocycles. The second kappa shape index (κ2) is 6.34. The predicted molar refractivity (Wildman–Crippen MR) is 99.6 cm³/mol. The summed E-state index contributed by atoms with van der Waals surface area (Å²) in [6.07, 6.45) is 2.59. The van der Waals surface area contributed by atoms with Gasteiger partial charge in [0.25, 0.3) is 0 Å². The van der Waals surface area contributed by atoms with E-state index in [1.54, 1.807) is 12.1 Å². The largest absolute Gasteiger partial charge is 0.302 e. The number of fused-ring (bicyclic) bond motifs is 1. The summed E-state index contributed by atoms with van der Waals surface area (Å²) >= 11 is 6.19. The fourth-order valence-electron chi connectivity index (χ4n) is 2.97. The molecule has 0 amide bonds. The maximum absolute atomic E-state index is 13.3. The number of rotatable bonds is 3. The van der Waals surface area contributed by atoms with Crippen LogP contribution in [0.15, 0.2) is 66.9 Å². The Labute approximate surface area is 150 Å². The summed E-state index contributed by atoms with van der Waals surface area (Å²) in [5.41, 5.74) is 6.02. The standard InChI is InChI=1S/C21H16ClFN2/c1-14-2-4-15(5-3-14)12-19-21(16-6-9-18(23)10-7-16)24-20-11-8-17(22)13-25(19)20/h2-11,13H,12H2,1H3. The SMILES string of the molecule is Cc1ccc(Cc2c(-c3ccc(F)cc3)nc3ccc(Cl)cn23)cc1. The van der Waals surface area contributed by atoms with E-state index in [-0.39, 0.29) is 5.82 Å². The molecule has 0 fully saturated rings. The summed E-state index contributed by atoms with van der Waals surface area (Å²) in [7, 11) is 0. The van der Waals surface area contributed by atoms with Crippen LogP contribution in [0.25, 0.3) is 16.9 Å². The van der Waals surface area contributed by atoms with Crippen LogP contribution in [0, 0.1) is 12.7 Å². The molecule has 0 aliphatic rings. The van der Waals surface area contributed by atoms with E-state index in [4.69, 9.17) is 16.6 Å². The Morgan fingerprint density at radius 1 is 0.960 bits per heavy atom. The first-order valence-corrected chi connectivity index (χ1v) is 8.46. The molecule has 2 aromatic carbocycles. The summed E-state index contributed by atoms with van der Waals surface area (Å²) in [4.78, 5) is 4.75. The highest BCUT2D eigenvalue weighted by atomic mass is 35.5. The van der Waals surface area contributed by atoms with Crippen molar-refractivity contribution in [1.82, 2.24) is 9.38 Å². The monoisotopic (exact) mass is 350 g/mol. The van der Waals surface area contributed by atoms with Gasteiger partial charge in [0.1, 0.15) is 11.5 Å². The minimum Gasteiger partial charge on any atom is -0.302 e. The number of hydrogen-bond donors (Lipinski definition) is 0. The maximum Gasteiger partial charge on any atom is 0.137 e. The Hall–Kier alpha value is -2.65. The van der Waals surface area contributed by atoms with Crippen molar-refractivity contribution in [2.24, 2.45) is 0 Å². The van der Waals surface area contributed by atoms with E-state index >= 15 is 0 Å². The molecule has 4 rings (SSSR count). The summed E-state index contributed by atoms with van der Waals surface area (Å²) in [5.74, 6) is -0.254. The van der Waals surface area contributed by atoms with Crippen LogP contribution >= 0.6 is 11.6 Å². The van der Waals surface area contributed by atoms with Gasteiger partial charge >= 0.3 is 0 Å². The molecule has 0 bridgehead atoms. The molecule has 124 valence electrons. The lowest BCUT2D eigenvalue weighted by molar-refractivity contribution is 0.628. The van der Waals surface area contributed by atoms with Gasteiger partial charge in [-0.3, -0.25) is 0 Å². The molecule has 0 saturated heterocycles. The number of imidazole rings is 1. The van der Waals surface area contributed by atoms with E-state index in [1.807, 2.05) is 22.7 Å². The molecule has 0 N–H and O–H groups in total. The van der Waals surface area contributed by atoms with E-state index < -0.39 is 0 Å². The van der Waals surface area contributed by atoms with Gasteiger partial charge in [-0.05, 0) is 48.9 Å². The maximum atomic E-state index is 13.3. The Bertz CT molecular complexity index is 1030. The third kappa shape index (κ3) is 3.15. The first-order chi connectivity index (χ1) is 12.1. The number of aromatic nitrogens is 2. The van der Waals surface area contributed by atoms with Crippen LogP contribution in [0.4, 0.5) is 4.39 Å². The minimum atomic E-state index is -0.254. The van der Waals surface area contributed by atoms with E-state index in [0.29, 0.717) is 11.4 Å². The van der Waals surface area contributed by atoms with Crippen molar-refractivity contribution >= 4 is 17.2 Å². The Kier molecular flexibility index (Phi) is 4.02. The van der Waals surface area contributed by atoms with E-state index in [9.17, 15) is 4.39 Å². The smallest absolute Gasteiger partial charge is 0.137 e. The average molecular weight is 351 g/mol. The first-order valence-electron chi connectivity index (χ1n) is 8.08. The molecule has 0 aliphatic carbocycles. The van der Waals surface area contributed by atoms with Crippen molar-refractivity contribution in [3.05, 3.63) is 94.5 Å². The van der Waals surface area contributed by atoms with Gasteiger partial charge in [0, 0.05) is 18.2 Å². The fourth-order valence-corrected chi connectivity index (χ4v) is 3.14. The Balaban J connectivity index is 1.89. The Morgan fingerprint density at radius 3 is 2.40 bits per heavy atom. The lowest BCUT2D eigenvalue weighted by Gasteiger charge is -2.07. The molecule has 2 nitrogen and oxygen atoms in total. The molecule has 2 aromatic heterocycles. The van der Waals surface area contributed by atoms with Crippen LogP contribution in [0.2, 0.25) is 5.02 Å². The third-order valence-corrected chi connectivity index (χ3v) is 4.51. The number of aryl methyl sites for hydroxylation is 1. The van der Waals surface area contributed by atoms with Crippen molar-refractivity contribution in [1.29, 1.82) is 0 Å². The molecule has 0 atom stereocenters. The van der Waals surface area contributed by atoms with Crippen molar-refractivity contribution in [2.75, 3.05) is 0 Å². The van der Waals surface area contributed by atoms with Gasteiger partial charge in [0.15, 0.2) is 0 Å². The number of nitrogens with zero attached hydrogens (tertiary/aromatic N) is 2. The zero-order valence-electron chi connectivity index (χ0n) is 13.7. The molecule has 0 radical (unpaired) electrons. The van der Waals surface area contributed by atoms with Crippen LogP contribution in [0.5, 0.6) is 0 Å². The molecule has 0 spiro atoms. The van der Waals surface area contributed by atoms with Gasteiger partial charge in [-0.1, -0.05) is 41.4 Å². The van der Waals surface area contributed by atoms with Crippen LogP contribution in [0.1, 0.15) is 16.8 Å². The average Bonchev–Trinajstić information content (AvgIpc) is 2.95. The summed E-state index contributed by atoms with van der Waals surface area (Å²) < 4.78 is 15.3. The van der Waals surface area contributed by atoms with Gasteiger partial charge in [0.05, 0.1) is 16.4 Å².